The molecule has 1 atom stereocenters. The Kier molecular flexibility index (Phi) is 5.12. The third-order valence-corrected chi connectivity index (χ3v) is 4.18. The first-order chi connectivity index (χ1) is 9.97. The molecule has 1 aromatic rings. The fraction of sp³-hybridized carbons (Fsp3) is 0.647. The summed E-state index contributed by atoms with van der Waals surface area (Å²) >= 11 is 0. The number of ether oxygens (including phenoxy) is 2. The van der Waals surface area contributed by atoms with Crippen molar-refractivity contribution in [2.24, 2.45) is 0 Å². The topological polar surface area (TPSA) is 41.9 Å². The Hall–Kier alpha value is -1.26. The Balaban J connectivity index is 2.25. The Labute approximate surface area is 127 Å². The Morgan fingerprint density at radius 1 is 1.38 bits per heavy atom. The van der Waals surface area contributed by atoms with Gasteiger partial charge in [-0.15, -0.1) is 0 Å². The van der Waals surface area contributed by atoms with E-state index in [-0.39, 0.29) is 18.1 Å². The quantitative estimate of drug-likeness (QED) is 0.905. The molecule has 0 radical (unpaired) electrons. The molecule has 0 spiro atoms. The predicted molar refractivity (Wildman–Crippen MR) is 84.3 cm³/mol. The molecule has 0 saturated carbocycles. The summed E-state index contributed by atoms with van der Waals surface area (Å²) in [4.78, 5) is 2.29. The normalized spacial score (nSPS) is 20.3. The lowest BCUT2D eigenvalue weighted by atomic mass is 9.84. The van der Waals surface area contributed by atoms with Crippen LogP contribution in [0.3, 0.4) is 0 Å². The van der Waals surface area contributed by atoms with Crippen LogP contribution < -0.4 is 9.47 Å². The van der Waals surface area contributed by atoms with Crippen molar-refractivity contribution < 1.29 is 14.6 Å². The van der Waals surface area contributed by atoms with Gasteiger partial charge in [0.25, 0.3) is 0 Å². The Morgan fingerprint density at radius 2 is 2.14 bits per heavy atom. The molecule has 118 valence electrons. The maximum atomic E-state index is 9.61. The van der Waals surface area contributed by atoms with Crippen molar-refractivity contribution in [1.29, 1.82) is 0 Å². The van der Waals surface area contributed by atoms with Crippen LogP contribution in [0.1, 0.15) is 32.3 Å². The van der Waals surface area contributed by atoms with E-state index in [1.807, 2.05) is 32.0 Å². The average molecular weight is 293 g/mol. The minimum absolute atomic E-state index is 0.0684. The maximum Gasteiger partial charge on any atom is 0.164 e. The van der Waals surface area contributed by atoms with E-state index in [0.717, 1.165) is 43.0 Å². The van der Waals surface area contributed by atoms with Crippen molar-refractivity contribution in [2.75, 3.05) is 33.9 Å². The summed E-state index contributed by atoms with van der Waals surface area (Å²) in [6, 6.07) is 5.91. The second-order valence-corrected chi connectivity index (χ2v) is 6.52. The number of aliphatic hydroxyl groups excluding tert-OH is 1. The van der Waals surface area contributed by atoms with Crippen molar-refractivity contribution in [3.05, 3.63) is 23.8 Å². The van der Waals surface area contributed by atoms with Crippen LogP contribution in [0, 0.1) is 0 Å². The molecule has 1 aliphatic rings. The van der Waals surface area contributed by atoms with Gasteiger partial charge in [0.15, 0.2) is 11.5 Å². The zero-order valence-corrected chi connectivity index (χ0v) is 13.6. The van der Waals surface area contributed by atoms with E-state index in [2.05, 4.69) is 11.9 Å². The number of likely N-dealkylation sites (tertiary alicyclic amines) is 1. The van der Waals surface area contributed by atoms with Crippen molar-refractivity contribution in [1.82, 2.24) is 4.90 Å². The molecule has 4 heteroatoms. The highest BCUT2D eigenvalue weighted by atomic mass is 16.5. The lowest BCUT2D eigenvalue weighted by Crippen LogP contribution is -2.38. The summed E-state index contributed by atoms with van der Waals surface area (Å²) < 4.78 is 11.8. The number of aliphatic hydroxyl groups is 1. The number of likely N-dealkylation sites (N-methyl/N-ethyl adjacent to an activating group) is 1. The van der Waals surface area contributed by atoms with E-state index in [1.54, 1.807) is 7.11 Å². The summed E-state index contributed by atoms with van der Waals surface area (Å²) in [6.45, 7) is 6.15. The zero-order valence-electron chi connectivity index (χ0n) is 13.6. The highest BCUT2D eigenvalue weighted by Gasteiger charge is 2.27. The number of methoxy groups -OCH3 is 1. The van der Waals surface area contributed by atoms with E-state index >= 15 is 0 Å². The second kappa shape index (κ2) is 6.67. The first-order valence-corrected chi connectivity index (χ1v) is 7.61. The third-order valence-electron chi connectivity index (χ3n) is 4.18. The molecule has 0 aliphatic carbocycles. The maximum absolute atomic E-state index is 9.61. The number of nitrogens with zero attached hydrogens (tertiary/aromatic N) is 1. The first-order valence-electron chi connectivity index (χ1n) is 7.61. The van der Waals surface area contributed by atoms with Gasteiger partial charge in [-0.1, -0.05) is 26.0 Å². The minimum Gasteiger partial charge on any atom is -0.493 e. The number of benzene rings is 1. The molecule has 0 bridgehead atoms. The summed E-state index contributed by atoms with van der Waals surface area (Å²) in [5.74, 6) is 1.52. The van der Waals surface area contributed by atoms with Gasteiger partial charge in [-0.25, -0.2) is 0 Å². The van der Waals surface area contributed by atoms with E-state index in [0.29, 0.717) is 0 Å². The molecular weight excluding hydrogens is 266 g/mol. The molecule has 21 heavy (non-hydrogen) atoms. The molecular formula is C17H27NO3. The number of para-hydroxylation sites is 1. The summed E-state index contributed by atoms with van der Waals surface area (Å²) in [6.07, 6.45) is 2.43. The van der Waals surface area contributed by atoms with Crippen LogP contribution in [0.2, 0.25) is 0 Å². The average Bonchev–Trinajstić information content (AvgIpc) is 2.47. The van der Waals surface area contributed by atoms with Crippen LogP contribution in [0.5, 0.6) is 11.5 Å². The van der Waals surface area contributed by atoms with Crippen LogP contribution in [0.15, 0.2) is 18.2 Å². The summed E-state index contributed by atoms with van der Waals surface area (Å²) in [5, 5.41) is 9.61. The molecule has 0 amide bonds. The van der Waals surface area contributed by atoms with Crippen molar-refractivity contribution in [3.63, 3.8) is 0 Å². The zero-order chi connectivity index (χ0) is 15.5. The first kappa shape index (κ1) is 16.1. The smallest absolute Gasteiger partial charge is 0.164 e. The van der Waals surface area contributed by atoms with Gasteiger partial charge in [-0.05, 0) is 32.5 Å². The van der Waals surface area contributed by atoms with Crippen molar-refractivity contribution in [2.45, 2.75) is 38.2 Å². The van der Waals surface area contributed by atoms with E-state index in [1.165, 1.54) is 0 Å². The van der Waals surface area contributed by atoms with Gasteiger partial charge in [-0.3, -0.25) is 0 Å². The third kappa shape index (κ3) is 3.69. The summed E-state index contributed by atoms with van der Waals surface area (Å²) in [7, 11) is 3.78. The fourth-order valence-corrected chi connectivity index (χ4v) is 2.83. The largest absolute Gasteiger partial charge is 0.493 e. The van der Waals surface area contributed by atoms with Gasteiger partial charge in [0.1, 0.15) is 6.10 Å². The molecule has 1 fully saturated rings. The van der Waals surface area contributed by atoms with Gasteiger partial charge < -0.3 is 19.5 Å². The van der Waals surface area contributed by atoms with Crippen LogP contribution >= 0.6 is 0 Å². The highest BCUT2D eigenvalue weighted by Crippen LogP contribution is 2.39. The lowest BCUT2D eigenvalue weighted by Gasteiger charge is -2.31. The Morgan fingerprint density at radius 3 is 2.76 bits per heavy atom. The van der Waals surface area contributed by atoms with Crippen LogP contribution in [0.25, 0.3) is 0 Å². The van der Waals surface area contributed by atoms with Gasteiger partial charge in [-0.2, -0.15) is 0 Å². The van der Waals surface area contributed by atoms with Gasteiger partial charge in [0.05, 0.1) is 13.7 Å². The van der Waals surface area contributed by atoms with E-state index in [4.69, 9.17) is 9.47 Å². The minimum atomic E-state index is -0.353. The van der Waals surface area contributed by atoms with Crippen molar-refractivity contribution in [3.8, 4) is 11.5 Å². The number of rotatable bonds is 5. The molecule has 2 rings (SSSR count). The molecule has 1 N–H and O–H groups in total. The molecule has 4 nitrogen and oxygen atoms in total. The van der Waals surface area contributed by atoms with E-state index in [9.17, 15) is 5.11 Å². The lowest BCUT2D eigenvalue weighted by molar-refractivity contribution is 0.101. The molecule has 1 aliphatic heterocycles. The van der Waals surface area contributed by atoms with Crippen LogP contribution in [0.4, 0.5) is 0 Å². The van der Waals surface area contributed by atoms with Crippen LogP contribution in [-0.4, -0.2) is 50.0 Å². The second-order valence-electron chi connectivity index (χ2n) is 6.52. The SMILES string of the molecule is COc1c(OC2CCCN(C)C2)cccc1C(C)(C)CO. The predicted octanol–water partition coefficient (Wildman–Crippen LogP) is 2.44. The highest BCUT2D eigenvalue weighted by molar-refractivity contribution is 5.50. The number of piperidine rings is 1. The molecule has 1 aromatic carbocycles. The Bertz CT molecular complexity index is 473. The van der Waals surface area contributed by atoms with E-state index < -0.39 is 0 Å². The molecule has 1 unspecified atom stereocenters. The number of hydrogen-bond donors (Lipinski definition) is 1. The van der Waals surface area contributed by atoms with Gasteiger partial charge in [0.2, 0.25) is 0 Å². The molecule has 0 aromatic heterocycles. The van der Waals surface area contributed by atoms with Gasteiger partial charge in [0, 0.05) is 17.5 Å². The van der Waals surface area contributed by atoms with Crippen LogP contribution in [-0.2, 0) is 5.41 Å². The van der Waals surface area contributed by atoms with Crippen molar-refractivity contribution >= 4 is 0 Å². The van der Waals surface area contributed by atoms with Gasteiger partial charge >= 0.3 is 0 Å². The standard InChI is InChI=1S/C17H27NO3/c1-17(2,12-19)14-8-5-9-15(16(14)20-4)21-13-7-6-10-18(3)11-13/h5,8-9,13,19H,6-7,10-12H2,1-4H3. The monoisotopic (exact) mass is 293 g/mol. The summed E-state index contributed by atoms with van der Waals surface area (Å²) in [5.41, 5.74) is 0.628. The molecule has 1 saturated heterocycles. The number of hydrogen-bond acceptors (Lipinski definition) is 4. The molecule has 1 heterocycles. The fourth-order valence-electron chi connectivity index (χ4n) is 2.83.